The molecule has 1 heterocycles. The van der Waals surface area contributed by atoms with E-state index in [1.807, 2.05) is 5.43 Å². The number of nitrogens with one attached hydrogen (secondary N) is 1. The number of nitrogen functional groups attached to an aromatic ring is 1. The number of nitrogens with two attached hydrogens (primary N) is 1. The standard InChI is InChI=1S/C12H10F2N2O3/c13-7-1-2-10(9(14)5-7)19-6-11-8(3-4-18-11)12(17)16-15/h1-5H,6,15H2,(H,16,17). The first-order valence-electron chi connectivity index (χ1n) is 5.27. The van der Waals surface area contributed by atoms with Crippen molar-refractivity contribution in [2.75, 3.05) is 0 Å². The molecule has 0 aliphatic carbocycles. The zero-order chi connectivity index (χ0) is 13.8. The summed E-state index contributed by atoms with van der Waals surface area (Å²) in [6.45, 7) is -0.182. The Morgan fingerprint density at radius 3 is 2.84 bits per heavy atom. The molecule has 0 aliphatic heterocycles. The molecule has 0 unspecified atom stereocenters. The van der Waals surface area contributed by atoms with Crippen LogP contribution in [0.4, 0.5) is 8.78 Å². The fourth-order valence-corrected chi connectivity index (χ4v) is 1.47. The quantitative estimate of drug-likeness (QED) is 0.503. The van der Waals surface area contributed by atoms with E-state index >= 15 is 0 Å². The van der Waals surface area contributed by atoms with E-state index in [0.29, 0.717) is 6.07 Å². The molecular weight excluding hydrogens is 258 g/mol. The van der Waals surface area contributed by atoms with Gasteiger partial charge in [0.25, 0.3) is 5.91 Å². The number of benzene rings is 1. The Hall–Kier alpha value is -2.41. The van der Waals surface area contributed by atoms with Crippen molar-refractivity contribution in [1.82, 2.24) is 5.43 Å². The number of hydrogen-bond acceptors (Lipinski definition) is 4. The molecule has 100 valence electrons. The van der Waals surface area contributed by atoms with Crippen molar-refractivity contribution in [2.24, 2.45) is 5.84 Å². The van der Waals surface area contributed by atoms with Gasteiger partial charge in [0.05, 0.1) is 11.8 Å². The van der Waals surface area contributed by atoms with E-state index in [-0.39, 0.29) is 23.7 Å². The van der Waals surface area contributed by atoms with Crippen LogP contribution in [0.5, 0.6) is 5.75 Å². The normalized spacial score (nSPS) is 10.3. The van der Waals surface area contributed by atoms with Crippen molar-refractivity contribution in [3.05, 3.63) is 53.5 Å². The van der Waals surface area contributed by atoms with Crippen LogP contribution in [0.3, 0.4) is 0 Å². The van der Waals surface area contributed by atoms with Gasteiger partial charge in [-0.2, -0.15) is 0 Å². The first kappa shape index (κ1) is 13.0. The highest BCUT2D eigenvalue weighted by atomic mass is 19.1. The fourth-order valence-electron chi connectivity index (χ4n) is 1.47. The lowest BCUT2D eigenvalue weighted by atomic mass is 10.2. The Morgan fingerprint density at radius 1 is 1.37 bits per heavy atom. The van der Waals surface area contributed by atoms with E-state index in [0.717, 1.165) is 12.1 Å². The first-order valence-corrected chi connectivity index (χ1v) is 5.27. The minimum absolute atomic E-state index is 0.142. The van der Waals surface area contributed by atoms with Crippen molar-refractivity contribution < 1.29 is 22.7 Å². The summed E-state index contributed by atoms with van der Waals surface area (Å²) in [5.41, 5.74) is 2.13. The second-order valence-electron chi connectivity index (χ2n) is 3.59. The summed E-state index contributed by atoms with van der Waals surface area (Å²) in [7, 11) is 0. The molecule has 0 atom stereocenters. The molecule has 0 radical (unpaired) electrons. The number of halogens is 2. The largest absolute Gasteiger partial charge is 0.483 e. The molecule has 1 amide bonds. The van der Waals surface area contributed by atoms with Crippen molar-refractivity contribution in [1.29, 1.82) is 0 Å². The van der Waals surface area contributed by atoms with Crippen molar-refractivity contribution in [3.8, 4) is 5.75 Å². The van der Waals surface area contributed by atoms with Crippen LogP contribution in [0.15, 0.2) is 34.9 Å². The van der Waals surface area contributed by atoms with E-state index in [9.17, 15) is 13.6 Å². The molecule has 0 saturated carbocycles. The first-order chi connectivity index (χ1) is 9.11. The third-order valence-corrected chi connectivity index (χ3v) is 2.37. The van der Waals surface area contributed by atoms with Gasteiger partial charge in [-0.15, -0.1) is 0 Å². The second kappa shape index (κ2) is 5.49. The molecule has 0 aliphatic rings. The highest BCUT2D eigenvalue weighted by Gasteiger charge is 2.15. The number of carbonyl (C=O) groups is 1. The smallest absolute Gasteiger partial charge is 0.268 e. The van der Waals surface area contributed by atoms with E-state index in [2.05, 4.69) is 0 Å². The lowest BCUT2D eigenvalue weighted by molar-refractivity contribution is 0.0949. The summed E-state index contributed by atoms with van der Waals surface area (Å²) in [6, 6.07) is 4.32. The SMILES string of the molecule is NNC(=O)c1ccoc1COc1ccc(F)cc1F. The fraction of sp³-hybridized carbons (Fsp3) is 0.0833. The molecule has 3 N–H and O–H groups in total. The average molecular weight is 268 g/mol. The molecule has 0 saturated heterocycles. The number of amides is 1. The maximum Gasteiger partial charge on any atom is 0.268 e. The minimum atomic E-state index is -0.837. The highest BCUT2D eigenvalue weighted by molar-refractivity contribution is 5.94. The monoisotopic (exact) mass is 268 g/mol. The number of hydrogen-bond donors (Lipinski definition) is 2. The molecule has 5 nitrogen and oxygen atoms in total. The van der Waals surface area contributed by atoms with Gasteiger partial charge >= 0.3 is 0 Å². The summed E-state index contributed by atoms with van der Waals surface area (Å²) in [4.78, 5) is 11.3. The van der Waals surface area contributed by atoms with Gasteiger partial charge in [0.1, 0.15) is 12.4 Å². The third kappa shape index (κ3) is 2.89. The number of carbonyl (C=O) groups excluding carboxylic acids is 1. The molecule has 19 heavy (non-hydrogen) atoms. The molecule has 0 fully saturated rings. The van der Waals surface area contributed by atoms with Crippen LogP contribution in [-0.2, 0) is 6.61 Å². The Labute approximate surface area is 106 Å². The van der Waals surface area contributed by atoms with Gasteiger partial charge in [-0.25, -0.2) is 14.6 Å². The molecule has 1 aromatic heterocycles. The molecule has 0 bridgehead atoms. The predicted molar refractivity (Wildman–Crippen MR) is 61.1 cm³/mol. The van der Waals surface area contributed by atoms with Crippen molar-refractivity contribution in [3.63, 3.8) is 0 Å². The van der Waals surface area contributed by atoms with Gasteiger partial charge in [-0.1, -0.05) is 0 Å². The van der Waals surface area contributed by atoms with Crippen molar-refractivity contribution >= 4 is 5.91 Å². The van der Waals surface area contributed by atoms with Crippen LogP contribution in [0.2, 0.25) is 0 Å². The third-order valence-electron chi connectivity index (χ3n) is 2.37. The number of ether oxygens (including phenoxy) is 1. The molecule has 1 aromatic carbocycles. The average Bonchev–Trinajstić information content (AvgIpc) is 2.85. The lowest BCUT2D eigenvalue weighted by Crippen LogP contribution is -2.30. The minimum Gasteiger partial charge on any atom is -0.483 e. The van der Waals surface area contributed by atoms with Gasteiger partial charge in [-0.05, 0) is 18.2 Å². The van der Waals surface area contributed by atoms with Crippen LogP contribution in [-0.4, -0.2) is 5.91 Å². The summed E-state index contributed by atoms with van der Waals surface area (Å²) in [5.74, 6) is 2.95. The second-order valence-corrected chi connectivity index (χ2v) is 3.59. The van der Waals surface area contributed by atoms with Crippen LogP contribution >= 0.6 is 0 Å². The van der Waals surface area contributed by atoms with Crippen molar-refractivity contribution in [2.45, 2.75) is 6.61 Å². The molecule has 7 heteroatoms. The zero-order valence-electron chi connectivity index (χ0n) is 9.65. The maximum absolute atomic E-state index is 13.3. The Kier molecular flexibility index (Phi) is 3.76. The topological polar surface area (TPSA) is 77.5 Å². The number of hydrazine groups is 1. The van der Waals surface area contributed by atoms with E-state index in [1.54, 1.807) is 0 Å². The highest BCUT2D eigenvalue weighted by Crippen LogP contribution is 2.20. The van der Waals surface area contributed by atoms with Crippen LogP contribution in [0.25, 0.3) is 0 Å². The number of furan rings is 1. The molecule has 0 spiro atoms. The van der Waals surface area contributed by atoms with Gasteiger partial charge in [-0.3, -0.25) is 10.2 Å². The predicted octanol–water partition coefficient (Wildman–Crippen LogP) is 1.74. The Morgan fingerprint density at radius 2 is 2.16 bits per heavy atom. The Bertz CT molecular complexity index is 598. The number of rotatable bonds is 4. The van der Waals surface area contributed by atoms with E-state index in [4.69, 9.17) is 15.0 Å². The maximum atomic E-state index is 13.3. The zero-order valence-corrected chi connectivity index (χ0v) is 9.65. The summed E-state index contributed by atoms with van der Waals surface area (Å²) >= 11 is 0. The molecule has 2 aromatic rings. The van der Waals surface area contributed by atoms with Gasteiger partial charge in [0.2, 0.25) is 0 Å². The van der Waals surface area contributed by atoms with Crippen LogP contribution in [0.1, 0.15) is 16.1 Å². The van der Waals surface area contributed by atoms with E-state index < -0.39 is 17.5 Å². The Balaban J connectivity index is 2.10. The summed E-state index contributed by atoms with van der Waals surface area (Å²) < 4.78 is 36.2. The molecular formula is C12H10F2N2O3. The van der Waals surface area contributed by atoms with Crippen LogP contribution < -0.4 is 16.0 Å². The van der Waals surface area contributed by atoms with Gasteiger partial charge < -0.3 is 9.15 Å². The lowest BCUT2D eigenvalue weighted by Gasteiger charge is -2.06. The summed E-state index contributed by atoms with van der Waals surface area (Å²) in [5, 5.41) is 0. The van der Waals surface area contributed by atoms with Crippen LogP contribution in [0, 0.1) is 11.6 Å². The summed E-state index contributed by atoms with van der Waals surface area (Å²) in [6.07, 6.45) is 1.28. The van der Waals surface area contributed by atoms with E-state index in [1.165, 1.54) is 12.3 Å². The van der Waals surface area contributed by atoms with Gasteiger partial charge in [0.15, 0.2) is 17.3 Å². The molecule has 2 rings (SSSR count). The van der Waals surface area contributed by atoms with Gasteiger partial charge in [0, 0.05) is 6.07 Å².